The predicted octanol–water partition coefficient (Wildman–Crippen LogP) is 7.11. The third-order valence-corrected chi connectivity index (χ3v) is 7.17. The van der Waals surface area contributed by atoms with Gasteiger partial charge in [-0.25, -0.2) is 0 Å². The van der Waals surface area contributed by atoms with E-state index in [1.807, 2.05) is 48.5 Å². The molecule has 0 bridgehead atoms. The zero-order valence-corrected chi connectivity index (χ0v) is 24.3. The lowest BCUT2D eigenvalue weighted by Gasteiger charge is -2.18. The van der Waals surface area contributed by atoms with Crippen molar-refractivity contribution in [3.8, 4) is 22.6 Å². The van der Waals surface area contributed by atoms with Crippen LogP contribution < -0.4 is 14.8 Å². The van der Waals surface area contributed by atoms with E-state index < -0.39 is 0 Å². The summed E-state index contributed by atoms with van der Waals surface area (Å²) in [5.41, 5.74) is 6.47. The number of rotatable bonds is 14. The zero-order chi connectivity index (χ0) is 28.9. The summed E-state index contributed by atoms with van der Waals surface area (Å²) in [6.07, 6.45) is 4.59. The van der Waals surface area contributed by atoms with Gasteiger partial charge >= 0.3 is 0 Å². The van der Waals surface area contributed by atoms with E-state index in [9.17, 15) is 4.79 Å². The van der Waals surface area contributed by atoms with Crippen molar-refractivity contribution in [2.45, 2.75) is 26.8 Å². The maximum absolute atomic E-state index is 12.7. The van der Waals surface area contributed by atoms with Gasteiger partial charge in [-0.15, -0.1) is 0 Å². The lowest BCUT2D eigenvalue weighted by atomic mass is 9.94. The number of carbonyl (C=O) groups excluding carboxylic acids is 1. The van der Waals surface area contributed by atoms with Crippen LogP contribution in [0.25, 0.3) is 23.3 Å². The Hall–Kier alpha value is -4.35. The van der Waals surface area contributed by atoms with E-state index in [1.165, 1.54) is 0 Å². The van der Waals surface area contributed by atoms with E-state index in [2.05, 4.69) is 84.7 Å². The Bertz CT molecular complexity index is 1410. The molecule has 0 aliphatic heterocycles. The van der Waals surface area contributed by atoms with Crippen LogP contribution in [0.3, 0.4) is 0 Å². The molecule has 0 aliphatic rings. The Labute approximate surface area is 244 Å². The van der Waals surface area contributed by atoms with Gasteiger partial charge in [-0.05, 0) is 70.7 Å². The minimum Gasteiger partial charge on any atom is -0.497 e. The van der Waals surface area contributed by atoms with E-state index in [0.29, 0.717) is 19.6 Å². The Kier molecular flexibility index (Phi) is 11.2. The van der Waals surface area contributed by atoms with Gasteiger partial charge < -0.3 is 19.7 Å². The highest BCUT2D eigenvalue weighted by Crippen LogP contribution is 2.29. The average molecular weight is 549 g/mol. The molecule has 1 amide bonds. The van der Waals surface area contributed by atoms with Crippen molar-refractivity contribution >= 4 is 18.1 Å². The third kappa shape index (κ3) is 8.82. The number of nitrogens with one attached hydrogen (secondary N) is 1. The number of amides is 1. The van der Waals surface area contributed by atoms with Crippen LogP contribution in [-0.2, 0) is 17.8 Å². The van der Waals surface area contributed by atoms with Crippen LogP contribution in [0.2, 0.25) is 0 Å². The number of carbonyl (C=O) groups is 1. The van der Waals surface area contributed by atoms with Crippen LogP contribution in [0.15, 0.2) is 97.1 Å². The molecule has 0 saturated carbocycles. The molecule has 0 aliphatic carbocycles. The van der Waals surface area contributed by atoms with Gasteiger partial charge in [-0.1, -0.05) is 98.8 Å². The average Bonchev–Trinajstić information content (AvgIpc) is 3.02. The van der Waals surface area contributed by atoms with E-state index in [4.69, 9.17) is 9.47 Å². The number of hydrogen-bond acceptors (Lipinski definition) is 4. The Morgan fingerprint density at radius 1 is 0.780 bits per heavy atom. The molecule has 4 aromatic rings. The normalized spacial score (nSPS) is 11.1. The smallest absolute Gasteiger partial charge is 0.224 e. The molecule has 1 N–H and O–H groups in total. The standard InChI is InChI=1S/C36H40N2O3/c1-4-38(5-2)24-25-41-33-22-15-28(16-23-33)14-19-30-10-6-8-12-34(30)35-13-9-7-11-31(35)27-37-36(39)26-29-17-20-32(40-3)21-18-29/h6-23H,4-5,24-27H2,1-3H3,(H,37,39)/b19-14+. The first-order valence-corrected chi connectivity index (χ1v) is 14.3. The van der Waals surface area contributed by atoms with Gasteiger partial charge in [0.2, 0.25) is 5.91 Å². The number of methoxy groups -OCH3 is 1. The lowest BCUT2D eigenvalue weighted by Crippen LogP contribution is -2.27. The molecule has 0 radical (unpaired) electrons. The molecule has 4 rings (SSSR count). The molecule has 0 saturated heterocycles. The fourth-order valence-corrected chi connectivity index (χ4v) is 4.70. The minimum atomic E-state index is -0.0152. The highest BCUT2D eigenvalue weighted by atomic mass is 16.5. The summed E-state index contributed by atoms with van der Waals surface area (Å²) in [5, 5.41) is 3.09. The summed E-state index contributed by atoms with van der Waals surface area (Å²) in [7, 11) is 1.63. The highest BCUT2D eigenvalue weighted by Gasteiger charge is 2.10. The molecule has 0 heterocycles. The topological polar surface area (TPSA) is 50.8 Å². The zero-order valence-electron chi connectivity index (χ0n) is 24.3. The summed E-state index contributed by atoms with van der Waals surface area (Å²) in [6, 6.07) is 32.4. The van der Waals surface area contributed by atoms with Gasteiger partial charge in [0.1, 0.15) is 18.1 Å². The Morgan fingerprint density at radius 3 is 2.15 bits per heavy atom. The molecule has 0 atom stereocenters. The fraction of sp³-hybridized carbons (Fsp3) is 0.250. The molecule has 0 spiro atoms. The number of nitrogens with zero attached hydrogens (tertiary/aromatic N) is 1. The summed E-state index contributed by atoms with van der Waals surface area (Å²) >= 11 is 0. The first-order chi connectivity index (χ1) is 20.1. The Morgan fingerprint density at radius 2 is 1.44 bits per heavy atom. The first-order valence-electron chi connectivity index (χ1n) is 14.3. The minimum absolute atomic E-state index is 0.0152. The third-order valence-electron chi connectivity index (χ3n) is 7.17. The number of ether oxygens (including phenoxy) is 2. The molecular weight excluding hydrogens is 508 g/mol. The summed E-state index contributed by atoms with van der Waals surface area (Å²) < 4.78 is 11.1. The van der Waals surface area contributed by atoms with E-state index >= 15 is 0 Å². The van der Waals surface area contributed by atoms with Gasteiger partial charge in [0.05, 0.1) is 13.5 Å². The molecular formula is C36H40N2O3. The monoisotopic (exact) mass is 548 g/mol. The summed E-state index contributed by atoms with van der Waals surface area (Å²) in [6.45, 7) is 8.49. The lowest BCUT2D eigenvalue weighted by molar-refractivity contribution is -0.120. The number of hydrogen-bond donors (Lipinski definition) is 1. The van der Waals surface area contributed by atoms with Crippen molar-refractivity contribution in [1.29, 1.82) is 0 Å². The van der Waals surface area contributed by atoms with Crippen molar-refractivity contribution in [3.63, 3.8) is 0 Å². The maximum atomic E-state index is 12.7. The van der Waals surface area contributed by atoms with Crippen LogP contribution in [0.4, 0.5) is 0 Å². The number of likely N-dealkylation sites (N-methyl/N-ethyl adjacent to an activating group) is 1. The van der Waals surface area contributed by atoms with Crippen LogP contribution >= 0.6 is 0 Å². The SMILES string of the molecule is CCN(CC)CCOc1ccc(/C=C/c2ccccc2-c2ccccc2CNC(=O)Cc2ccc(OC)cc2)cc1. The maximum Gasteiger partial charge on any atom is 0.224 e. The van der Waals surface area contributed by atoms with Gasteiger partial charge in [0, 0.05) is 13.1 Å². The summed E-state index contributed by atoms with van der Waals surface area (Å²) in [5.74, 6) is 1.65. The largest absolute Gasteiger partial charge is 0.497 e. The fourth-order valence-electron chi connectivity index (χ4n) is 4.70. The van der Waals surface area contributed by atoms with Crippen LogP contribution in [0.1, 0.15) is 36.1 Å². The second kappa shape index (κ2) is 15.4. The van der Waals surface area contributed by atoms with Crippen molar-refractivity contribution in [2.75, 3.05) is 33.4 Å². The predicted molar refractivity (Wildman–Crippen MR) is 169 cm³/mol. The second-order valence-corrected chi connectivity index (χ2v) is 9.82. The quantitative estimate of drug-likeness (QED) is 0.171. The molecule has 0 unspecified atom stereocenters. The van der Waals surface area contributed by atoms with E-state index in [-0.39, 0.29) is 5.91 Å². The molecule has 4 aromatic carbocycles. The van der Waals surface area contributed by atoms with Crippen molar-refractivity contribution in [1.82, 2.24) is 10.2 Å². The molecule has 0 fully saturated rings. The van der Waals surface area contributed by atoms with Crippen molar-refractivity contribution in [2.24, 2.45) is 0 Å². The molecule has 0 aromatic heterocycles. The Balaban J connectivity index is 1.41. The highest BCUT2D eigenvalue weighted by molar-refractivity contribution is 5.83. The molecule has 41 heavy (non-hydrogen) atoms. The van der Waals surface area contributed by atoms with Gasteiger partial charge in [-0.3, -0.25) is 4.79 Å². The molecule has 5 heteroatoms. The van der Waals surface area contributed by atoms with Crippen LogP contribution in [-0.4, -0.2) is 44.2 Å². The van der Waals surface area contributed by atoms with Gasteiger partial charge in [0.15, 0.2) is 0 Å². The van der Waals surface area contributed by atoms with Crippen LogP contribution in [0, 0.1) is 0 Å². The molecule has 212 valence electrons. The summed E-state index contributed by atoms with van der Waals surface area (Å²) in [4.78, 5) is 15.0. The van der Waals surface area contributed by atoms with Gasteiger partial charge in [0.25, 0.3) is 0 Å². The van der Waals surface area contributed by atoms with E-state index in [1.54, 1.807) is 7.11 Å². The van der Waals surface area contributed by atoms with Gasteiger partial charge in [-0.2, -0.15) is 0 Å². The van der Waals surface area contributed by atoms with Crippen molar-refractivity contribution in [3.05, 3.63) is 119 Å². The second-order valence-electron chi connectivity index (χ2n) is 9.82. The first kappa shape index (κ1) is 29.6. The van der Waals surface area contributed by atoms with Crippen molar-refractivity contribution < 1.29 is 14.3 Å². The van der Waals surface area contributed by atoms with E-state index in [0.717, 1.165) is 64.5 Å². The molecule has 5 nitrogen and oxygen atoms in total. The number of benzene rings is 4. The van der Waals surface area contributed by atoms with Crippen LogP contribution in [0.5, 0.6) is 11.5 Å².